The molecule has 0 saturated heterocycles. The van der Waals surface area contributed by atoms with Gasteiger partial charge in [-0.2, -0.15) is 9.97 Å². The van der Waals surface area contributed by atoms with E-state index in [9.17, 15) is 20.2 Å². The molecule has 2 aromatic rings. The molecule has 2 rings (SSSR count). The Labute approximate surface area is 169 Å². The SMILES string of the molecule is COc1ccc([N+](=O)[O-])c(Cl)n1.COc1ccc([N+](=O)[O-])c(NC(CO)CO)n1. The van der Waals surface area contributed by atoms with Crippen molar-refractivity contribution in [3.05, 3.63) is 49.6 Å². The summed E-state index contributed by atoms with van der Waals surface area (Å²) in [6.45, 7) is -0.737. The van der Waals surface area contributed by atoms with Gasteiger partial charge in [-0.1, -0.05) is 11.6 Å². The molecule has 14 heteroatoms. The van der Waals surface area contributed by atoms with Crippen LogP contribution in [0.15, 0.2) is 24.3 Å². The lowest BCUT2D eigenvalue weighted by atomic mass is 10.3. The van der Waals surface area contributed by atoms with E-state index in [0.29, 0.717) is 0 Å². The van der Waals surface area contributed by atoms with Crippen LogP contribution in [-0.4, -0.2) is 63.5 Å². The molecule has 0 unspecified atom stereocenters. The normalized spacial score (nSPS) is 10.0. The molecule has 0 aliphatic heterocycles. The lowest BCUT2D eigenvalue weighted by Gasteiger charge is -2.14. The molecule has 0 spiro atoms. The van der Waals surface area contributed by atoms with Gasteiger partial charge in [0.15, 0.2) is 0 Å². The van der Waals surface area contributed by atoms with E-state index in [1.54, 1.807) is 0 Å². The number of aliphatic hydroxyl groups is 2. The molecule has 0 fully saturated rings. The molecule has 13 nitrogen and oxygen atoms in total. The van der Waals surface area contributed by atoms with E-state index in [4.69, 9.17) is 31.3 Å². The maximum absolute atomic E-state index is 10.7. The standard InChI is InChI=1S/C9H13N3O5.C6H5ClN2O3/c1-17-8-3-2-7(12(15)16)9(11-8)10-6(4-13)5-14;1-12-5-3-2-4(9(10)11)6(7)8-5/h2-3,6,13-14H,4-5H2,1H3,(H,10,11);2-3H,1H3. The van der Waals surface area contributed by atoms with Crippen LogP contribution in [0.4, 0.5) is 17.2 Å². The molecule has 2 aromatic heterocycles. The Bertz CT molecular complexity index is 849. The minimum Gasteiger partial charge on any atom is -0.481 e. The van der Waals surface area contributed by atoms with Crippen molar-refractivity contribution in [2.45, 2.75) is 6.04 Å². The average Bonchev–Trinajstić information content (AvgIpc) is 2.71. The van der Waals surface area contributed by atoms with Gasteiger partial charge in [0.2, 0.25) is 22.7 Å². The van der Waals surface area contributed by atoms with E-state index >= 15 is 0 Å². The van der Waals surface area contributed by atoms with Gasteiger partial charge in [-0.3, -0.25) is 20.2 Å². The fourth-order valence-corrected chi connectivity index (χ4v) is 2.02. The highest BCUT2D eigenvalue weighted by Gasteiger charge is 2.19. The van der Waals surface area contributed by atoms with Crippen molar-refractivity contribution in [3.8, 4) is 11.8 Å². The van der Waals surface area contributed by atoms with E-state index in [1.807, 2.05) is 0 Å². The highest BCUT2D eigenvalue weighted by molar-refractivity contribution is 6.31. The van der Waals surface area contributed by atoms with Gasteiger partial charge in [0, 0.05) is 24.3 Å². The number of anilines is 1. The Morgan fingerprint density at radius 2 is 1.48 bits per heavy atom. The van der Waals surface area contributed by atoms with E-state index in [2.05, 4.69) is 15.3 Å². The summed E-state index contributed by atoms with van der Waals surface area (Å²) in [6.07, 6.45) is 0. The van der Waals surface area contributed by atoms with Crippen LogP contribution in [0.2, 0.25) is 5.15 Å². The number of rotatable bonds is 8. The van der Waals surface area contributed by atoms with Crippen LogP contribution >= 0.6 is 11.6 Å². The molecule has 29 heavy (non-hydrogen) atoms. The molecule has 0 aromatic carbocycles. The van der Waals surface area contributed by atoms with Gasteiger partial charge in [0.25, 0.3) is 0 Å². The third-order valence-corrected chi connectivity index (χ3v) is 3.52. The van der Waals surface area contributed by atoms with Crippen LogP contribution in [0.5, 0.6) is 11.8 Å². The molecule has 3 N–H and O–H groups in total. The van der Waals surface area contributed by atoms with Crippen molar-refractivity contribution >= 4 is 28.8 Å². The molecule has 0 bridgehead atoms. The minimum atomic E-state index is -0.715. The van der Waals surface area contributed by atoms with Crippen molar-refractivity contribution in [2.24, 2.45) is 0 Å². The molecule has 0 aliphatic carbocycles. The number of hydrogen-bond donors (Lipinski definition) is 3. The smallest absolute Gasteiger partial charge is 0.311 e. The molecule has 0 aliphatic rings. The number of aromatic nitrogens is 2. The molecule has 158 valence electrons. The van der Waals surface area contributed by atoms with E-state index < -0.39 is 15.9 Å². The third-order valence-electron chi connectivity index (χ3n) is 3.25. The first-order valence-electron chi connectivity index (χ1n) is 7.79. The van der Waals surface area contributed by atoms with Gasteiger partial charge < -0.3 is 25.0 Å². The largest absolute Gasteiger partial charge is 0.481 e. The number of pyridine rings is 2. The fourth-order valence-electron chi connectivity index (χ4n) is 1.80. The first kappa shape index (κ1) is 23.7. The van der Waals surface area contributed by atoms with Crippen LogP contribution in [-0.2, 0) is 0 Å². The first-order valence-corrected chi connectivity index (χ1v) is 8.17. The molecule has 2 heterocycles. The summed E-state index contributed by atoms with van der Waals surface area (Å²) < 4.78 is 9.55. The fraction of sp³-hybridized carbons (Fsp3) is 0.333. The summed E-state index contributed by atoms with van der Waals surface area (Å²) >= 11 is 5.47. The maximum Gasteiger partial charge on any atom is 0.311 e. The van der Waals surface area contributed by atoms with Gasteiger partial charge in [0.05, 0.1) is 43.3 Å². The highest BCUT2D eigenvalue weighted by Crippen LogP contribution is 2.25. The summed E-state index contributed by atoms with van der Waals surface area (Å²) in [5.74, 6) is 0.403. The molecule has 0 atom stereocenters. The van der Waals surface area contributed by atoms with Crippen LogP contribution < -0.4 is 14.8 Å². The first-order chi connectivity index (χ1) is 13.8. The molecular formula is C15H18ClN5O8. The van der Waals surface area contributed by atoms with Crippen LogP contribution in [0.3, 0.4) is 0 Å². The summed E-state index contributed by atoms with van der Waals surface area (Å²) in [7, 11) is 2.79. The lowest BCUT2D eigenvalue weighted by molar-refractivity contribution is -0.385. The molecule has 0 amide bonds. The zero-order valence-corrected chi connectivity index (χ0v) is 16.1. The Morgan fingerprint density at radius 3 is 1.90 bits per heavy atom. The van der Waals surface area contributed by atoms with Gasteiger partial charge in [0.1, 0.15) is 0 Å². The third kappa shape index (κ3) is 6.99. The zero-order chi connectivity index (χ0) is 22.0. The van der Waals surface area contributed by atoms with Gasteiger partial charge >= 0.3 is 11.4 Å². The summed E-state index contributed by atoms with van der Waals surface area (Å²) in [4.78, 5) is 27.3. The van der Waals surface area contributed by atoms with Crippen molar-refractivity contribution in [2.75, 3.05) is 32.8 Å². The van der Waals surface area contributed by atoms with Gasteiger partial charge in [-0.05, 0) is 0 Å². The van der Waals surface area contributed by atoms with E-state index in [-0.39, 0.29) is 47.3 Å². The summed E-state index contributed by atoms with van der Waals surface area (Å²) in [5.41, 5.74) is -0.477. The molecular weight excluding hydrogens is 414 g/mol. The second kappa shape index (κ2) is 11.5. The van der Waals surface area contributed by atoms with Crippen molar-refractivity contribution in [1.82, 2.24) is 9.97 Å². The predicted molar refractivity (Wildman–Crippen MR) is 101 cm³/mol. The van der Waals surface area contributed by atoms with Crippen LogP contribution in [0, 0.1) is 20.2 Å². The second-order valence-corrected chi connectivity index (χ2v) is 5.46. The van der Waals surface area contributed by atoms with Gasteiger partial charge in [-0.15, -0.1) is 0 Å². The molecule has 0 radical (unpaired) electrons. The number of methoxy groups -OCH3 is 2. The number of nitrogens with zero attached hydrogens (tertiary/aromatic N) is 4. The summed E-state index contributed by atoms with van der Waals surface area (Å²) in [6, 6.07) is 4.50. The van der Waals surface area contributed by atoms with Crippen molar-refractivity contribution in [3.63, 3.8) is 0 Å². The van der Waals surface area contributed by atoms with Crippen LogP contribution in [0.1, 0.15) is 0 Å². The number of aliphatic hydroxyl groups excluding tert-OH is 2. The van der Waals surface area contributed by atoms with Crippen LogP contribution in [0.25, 0.3) is 0 Å². The Morgan fingerprint density at radius 1 is 1.00 bits per heavy atom. The average molecular weight is 432 g/mol. The second-order valence-electron chi connectivity index (χ2n) is 5.11. The monoisotopic (exact) mass is 431 g/mol. The number of ether oxygens (including phenoxy) is 2. The maximum atomic E-state index is 10.7. The summed E-state index contributed by atoms with van der Waals surface area (Å²) in [5, 5.41) is 41.2. The predicted octanol–water partition coefficient (Wildman–Crippen LogP) is 1.42. The number of nitrogens with one attached hydrogen (secondary N) is 1. The highest BCUT2D eigenvalue weighted by atomic mass is 35.5. The quantitative estimate of drug-likeness (QED) is 0.312. The minimum absolute atomic E-state index is 0.0533. The van der Waals surface area contributed by atoms with Crippen molar-refractivity contribution in [1.29, 1.82) is 0 Å². The number of hydrogen-bond acceptors (Lipinski definition) is 11. The zero-order valence-electron chi connectivity index (χ0n) is 15.3. The van der Waals surface area contributed by atoms with E-state index in [1.165, 1.54) is 38.5 Å². The number of halogens is 1. The van der Waals surface area contributed by atoms with Crippen molar-refractivity contribution < 1.29 is 29.5 Å². The number of nitro groups is 2. The Hall–Kier alpha value is -3.29. The Kier molecular flexibility index (Phi) is 9.44. The Balaban J connectivity index is 0.000000308. The topological polar surface area (TPSA) is 183 Å². The lowest BCUT2D eigenvalue weighted by Crippen LogP contribution is -2.28. The van der Waals surface area contributed by atoms with Gasteiger partial charge in [-0.25, -0.2) is 0 Å². The van der Waals surface area contributed by atoms with E-state index in [0.717, 1.165) is 0 Å². The molecule has 0 saturated carbocycles.